The molecule has 2 atom stereocenters. The van der Waals surface area contributed by atoms with Crippen molar-refractivity contribution in [3.8, 4) is 0 Å². The quantitative estimate of drug-likeness (QED) is 0.651. The Kier molecular flexibility index (Phi) is 4.08. The second-order valence-corrected chi connectivity index (χ2v) is 5.95. The summed E-state index contributed by atoms with van der Waals surface area (Å²) in [4.78, 5) is 4.47. The number of hydrogen-bond donors (Lipinski definition) is 2. The largest absolute Gasteiger partial charge is 0.378 e. The van der Waals surface area contributed by atoms with Gasteiger partial charge in [-0.2, -0.15) is 0 Å². The van der Waals surface area contributed by atoms with Gasteiger partial charge in [0.1, 0.15) is 0 Å². The predicted molar refractivity (Wildman–Crippen MR) is 77.9 cm³/mol. The lowest BCUT2D eigenvalue weighted by Gasteiger charge is -2.18. The molecule has 3 N–H and O–H groups in total. The average Bonchev–Trinajstić information content (AvgIpc) is 3.09. The maximum Gasteiger partial charge on any atom is 0.0809 e. The number of ether oxygens (including phenoxy) is 1. The second kappa shape index (κ2) is 5.96. The van der Waals surface area contributed by atoms with Crippen LogP contribution in [0.2, 0.25) is 0 Å². The highest BCUT2D eigenvalue weighted by atomic mass is 32.1. The van der Waals surface area contributed by atoms with E-state index in [0.717, 1.165) is 30.5 Å². The molecule has 0 aliphatic carbocycles. The van der Waals surface area contributed by atoms with Gasteiger partial charge in [-0.15, -0.1) is 11.3 Å². The summed E-state index contributed by atoms with van der Waals surface area (Å²) < 4.78 is 6.88. The SMILES string of the molecule is NNC(CCC1CCCO1)c1cnc2ccsc2c1. The number of nitrogens with two attached hydrogens (primary N) is 1. The van der Waals surface area contributed by atoms with E-state index in [4.69, 9.17) is 10.6 Å². The molecule has 1 fully saturated rings. The zero-order valence-corrected chi connectivity index (χ0v) is 11.7. The third kappa shape index (κ3) is 2.95. The highest BCUT2D eigenvalue weighted by molar-refractivity contribution is 7.17. The summed E-state index contributed by atoms with van der Waals surface area (Å²) in [5.41, 5.74) is 5.13. The summed E-state index contributed by atoms with van der Waals surface area (Å²) in [5, 5.41) is 2.07. The average molecular weight is 277 g/mol. The Labute approximate surface area is 116 Å². The van der Waals surface area contributed by atoms with Crippen LogP contribution in [0.15, 0.2) is 23.7 Å². The normalized spacial score (nSPS) is 21.0. The van der Waals surface area contributed by atoms with Crippen molar-refractivity contribution < 1.29 is 4.74 Å². The third-order valence-electron chi connectivity index (χ3n) is 3.73. The molecule has 0 amide bonds. The van der Waals surface area contributed by atoms with E-state index in [9.17, 15) is 0 Å². The standard InChI is InChI=1S/C14H19N3OS/c15-17-12(4-3-11-2-1-6-18-11)10-8-14-13(16-9-10)5-7-19-14/h5,7-9,11-12,17H,1-4,6,15H2. The van der Waals surface area contributed by atoms with Crippen molar-refractivity contribution in [1.82, 2.24) is 10.4 Å². The molecule has 4 nitrogen and oxygen atoms in total. The van der Waals surface area contributed by atoms with Crippen LogP contribution in [0.5, 0.6) is 0 Å². The van der Waals surface area contributed by atoms with Gasteiger partial charge in [0.25, 0.3) is 0 Å². The molecule has 3 rings (SSSR count). The maximum absolute atomic E-state index is 5.69. The molecule has 1 aliphatic rings. The van der Waals surface area contributed by atoms with E-state index in [-0.39, 0.29) is 6.04 Å². The van der Waals surface area contributed by atoms with Crippen LogP contribution < -0.4 is 11.3 Å². The monoisotopic (exact) mass is 277 g/mol. The van der Waals surface area contributed by atoms with E-state index in [1.54, 1.807) is 11.3 Å². The van der Waals surface area contributed by atoms with Crippen molar-refractivity contribution in [2.75, 3.05) is 6.61 Å². The van der Waals surface area contributed by atoms with Crippen LogP contribution in [-0.4, -0.2) is 17.7 Å². The van der Waals surface area contributed by atoms with Gasteiger partial charge in [-0.1, -0.05) is 0 Å². The summed E-state index contributed by atoms with van der Waals surface area (Å²) in [5.74, 6) is 5.69. The zero-order chi connectivity index (χ0) is 13.1. The Bertz CT molecular complexity index is 536. The van der Waals surface area contributed by atoms with Crippen molar-refractivity contribution >= 4 is 21.6 Å². The highest BCUT2D eigenvalue weighted by Gasteiger charge is 2.18. The number of rotatable bonds is 5. The van der Waals surface area contributed by atoms with Crippen molar-refractivity contribution in [2.45, 2.75) is 37.8 Å². The first-order valence-corrected chi connectivity index (χ1v) is 7.65. The summed E-state index contributed by atoms with van der Waals surface area (Å²) in [6.07, 6.45) is 6.74. The van der Waals surface area contributed by atoms with Gasteiger partial charge < -0.3 is 4.74 Å². The van der Waals surface area contributed by atoms with Crippen LogP contribution in [0.4, 0.5) is 0 Å². The predicted octanol–water partition coefficient (Wildman–Crippen LogP) is 2.76. The van der Waals surface area contributed by atoms with E-state index >= 15 is 0 Å². The number of hydrogen-bond acceptors (Lipinski definition) is 5. The van der Waals surface area contributed by atoms with Crippen molar-refractivity contribution in [3.05, 3.63) is 29.3 Å². The van der Waals surface area contributed by atoms with Gasteiger partial charge >= 0.3 is 0 Å². The first kappa shape index (κ1) is 13.0. The summed E-state index contributed by atoms with van der Waals surface area (Å²) in [6.45, 7) is 0.911. The molecule has 5 heteroatoms. The first-order valence-electron chi connectivity index (χ1n) is 6.77. The van der Waals surface area contributed by atoms with Crippen LogP contribution in [-0.2, 0) is 4.74 Å². The van der Waals surface area contributed by atoms with E-state index in [1.807, 2.05) is 12.3 Å². The van der Waals surface area contributed by atoms with E-state index in [0.29, 0.717) is 6.10 Å². The van der Waals surface area contributed by atoms with Gasteiger partial charge in [0.2, 0.25) is 0 Å². The summed E-state index contributed by atoms with van der Waals surface area (Å²) in [6, 6.07) is 4.39. The van der Waals surface area contributed by atoms with Crippen molar-refractivity contribution in [3.63, 3.8) is 0 Å². The molecule has 0 saturated carbocycles. The Morgan fingerprint density at radius 3 is 3.32 bits per heavy atom. The number of nitrogens with one attached hydrogen (secondary N) is 1. The molecule has 0 spiro atoms. The lowest BCUT2D eigenvalue weighted by Crippen LogP contribution is -2.28. The minimum absolute atomic E-state index is 0.156. The van der Waals surface area contributed by atoms with Crippen LogP contribution in [0.3, 0.4) is 0 Å². The summed E-state index contributed by atoms with van der Waals surface area (Å²) in [7, 11) is 0. The molecule has 19 heavy (non-hydrogen) atoms. The smallest absolute Gasteiger partial charge is 0.0809 e. The maximum atomic E-state index is 5.69. The number of aromatic nitrogens is 1. The minimum atomic E-state index is 0.156. The lowest BCUT2D eigenvalue weighted by molar-refractivity contribution is 0.0996. The molecular weight excluding hydrogens is 258 g/mol. The van der Waals surface area contributed by atoms with Crippen molar-refractivity contribution in [2.24, 2.45) is 5.84 Å². The Balaban J connectivity index is 1.69. The van der Waals surface area contributed by atoms with Crippen LogP contribution in [0.1, 0.15) is 37.3 Å². The van der Waals surface area contributed by atoms with Crippen molar-refractivity contribution in [1.29, 1.82) is 0 Å². The zero-order valence-electron chi connectivity index (χ0n) is 10.8. The van der Waals surface area contributed by atoms with E-state index in [2.05, 4.69) is 21.9 Å². The number of hydrazine groups is 1. The summed E-state index contributed by atoms with van der Waals surface area (Å²) >= 11 is 1.72. The molecule has 1 aliphatic heterocycles. The Hall–Kier alpha value is -1.01. The van der Waals surface area contributed by atoms with Crippen LogP contribution in [0.25, 0.3) is 10.2 Å². The topological polar surface area (TPSA) is 60.2 Å². The molecule has 0 radical (unpaired) electrons. The molecule has 2 aromatic rings. The molecule has 0 bridgehead atoms. The molecule has 1 saturated heterocycles. The van der Waals surface area contributed by atoms with Gasteiger partial charge in [-0.3, -0.25) is 16.3 Å². The Morgan fingerprint density at radius 1 is 1.58 bits per heavy atom. The van der Waals surface area contributed by atoms with E-state index in [1.165, 1.54) is 17.5 Å². The van der Waals surface area contributed by atoms with Gasteiger partial charge in [-0.25, -0.2) is 0 Å². The number of fused-ring (bicyclic) bond motifs is 1. The molecular formula is C14H19N3OS. The van der Waals surface area contributed by atoms with Crippen LogP contribution >= 0.6 is 11.3 Å². The Morgan fingerprint density at radius 2 is 2.53 bits per heavy atom. The van der Waals surface area contributed by atoms with Crippen LogP contribution in [0, 0.1) is 0 Å². The van der Waals surface area contributed by atoms with E-state index < -0.39 is 0 Å². The molecule has 0 aromatic carbocycles. The minimum Gasteiger partial charge on any atom is -0.378 e. The fourth-order valence-corrected chi connectivity index (χ4v) is 3.41. The van der Waals surface area contributed by atoms with Gasteiger partial charge in [0, 0.05) is 18.8 Å². The fraction of sp³-hybridized carbons (Fsp3) is 0.500. The second-order valence-electron chi connectivity index (χ2n) is 5.00. The fourth-order valence-electron chi connectivity index (χ4n) is 2.62. The van der Waals surface area contributed by atoms with Gasteiger partial charge in [0.15, 0.2) is 0 Å². The molecule has 102 valence electrons. The first-order chi connectivity index (χ1) is 9.36. The number of thiophene rings is 1. The lowest BCUT2D eigenvalue weighted by atomic mass is 10.0. The highest BCUT2D eigenvalue weighted by Crippen LogP contribution is 2.26. The van der Waals surface area contributed by atoms with Gasteiger partial charge in [-0.05, 0) is 48.8 Å². The molecule has 3 heterocycles. The van der Waals surface area contributed by atoms with Gasteiger partial charge in [0.05, 0.1) is 16.3 Å². The molecule has 2 aromatic heterocycles. The number of nitrogens with zero attached hydrogens (tertiary/aromatic N) is 1. The number of pyridine rings is 1. The molecule has 2 unspecified atom stereocenters. The third-order valence-corrected chi connectivity index (χ3v) is 4.58.